The molecule has 0 aliphatic heterocycles. The Labute approximate surface area is 556 Å². The first-order chi connectivity index (χ1) is 43.6. The smallest absolute Gasteiger partial charge is 0.462 e. The number of carbonyl (C=O) groups is 4. The molecule has 0 aromatic carbocycles. The second kappa shape index (κ2) is 61.6. The van der Waals surface area contributed by atoms with E-state index in [-0.39, 0.29) is 25.7 Å². The number of rotatable bonds is 69. The Morgan fingerprint density at radius 3 is 0.681 bits per heavy atom. The van der Waals surface area contributed by atoms with Gasteiger partial charge in [-0.2, -0.15) is 0 Å². The molecule has 0 fully saturated rings. The summed E-state index contributed by atoms with van der Waals surface area (Å²) in [7, 11) is -9.90. The van der Waals surface area contributed by atoms with Gasteiger partial charge in [-0.1, -0.05) is 306 Å². The quantitative estimate of drug-likeness (QED) is 0.0222. The molecule has 19 heteroatoms. The molecule has 0 aliphatic carbocycles. The monoisotopic (exact) mass is 1340 g/mol. The van der Waals surface area contributed by atoms with Crippen LogP contribution in [0.1, 0.15) is 357 Å². The lowest BCUT2D eigenvalue weighted by Gasteiger charge is -2.21. The highest BCUT2D eigenvalue weighted by Crippen LogP contribution is 2.45. The Balaban J connectivity index is 5.21. The molecule has 0 heterocycles. The fraction of sp³-hybridized carbons (Fsp3) is 0.944. The van der Waals surface area contributed by atoms with Crippen molar-refractivity contribution in [3.05, 3.63) is 0 Å². The third-order valence-electron chi connectivity index (χ3n) is 16.6. The van der Waals surface area contributed by atoms with Crippen molar-refractivity contribution in [3.63, 3.8) is 0 Å². The normalized spacial score (nSPS) is 14.2. The SMILES string of the molecule is CC(C)CCCCCCCCCCCCCCCCCCC(=O)O[C@H](COC(=O)CCCCCCCCCCCC(C)C)COP(=O)(O)OCC(O)COP(=O)(O)OC[C@@H](COC(=O)CCCCCCCCCC(C)C)OC(=O)CCCCCCCCCC(C)C. The number of unbranched alkanes of at least 4 members (excludes halogenated alkanes) is 35. The van der Waals surface area contributed by atoms with Crippen LogP contribution in [0.25, 0.3) is 0 Å². The third kappa shape index (κ3) is 66.5. The molecule has 91 heavy (non-hydrogen) atoms. The minimum absolute atomic E-state index is 0.102. The topological polar surface area (TPSA) is 237 Å². The molecule has 17 nitrogen and oxygen atoms in total. The van der Waals surface area contributed by atoms with Crippen molar-refractivity contribution in [3.8, 4) is 0 Å². The average molecular weight is 1340 g/mol. The number of hydrogen-bond acceptors (Lipinski definition) is 15. The predicted octanol–water partition coefficient (Wildman–Crippen LogP) is 20.5. The van der Waals surface area contributed by atoms with Crippen LogP contribution in [0.15, 0.2) is 0 Å². The summed E-state index contributed by atoms with van der Waals surface area (Å²) in [6.45, 7) is 14.1. The first-order valence-corrected chi connectivity index (χ1v) is 40.2. The van der Waals surface area contributed by atoms with Crippen molar-refractivity contribution >= 4 is 39.5 Å². The van der Waals surface area contributed by atoms with Crippen LogP contribution in [0, 0.1) is 23.7 Å². The molecule has 0 rings (SSSR count). The highest BCUT2D eigenvalue weighted by Gasteiger charge is 2.30. The van der Waals surface area contributed by atoms with Gasteiger partial charge >= 0.3 is 39.5 Å². The number of hydrogen-bond donors (Lipinski definition) is 3. The first-order valence-electron chi connectivity index (χ1n) is 37.2. The summed E-state index contributed by atoms with van der Waals surface area (Å²) in [6.07, 6.45) is 44.7. The van der Waals surface area contributed by atoms with Gasteiger partial charge in [0.15, 0.2) is 12.2 Å². The van der Waals surface area contributed by atoms with Gasteiger partial charge in [0.05, 0.1) is 26.4 Å². The lowest BCUT2D eigenvalue weighted by molar-refractivity contribution is -0.161. The van der Waals surface area contributed by atoms with E-state index in [1.807, 2.05) is 0 Å². The zero-order valence-electron chi connectivity index (χ0n) is 59.5. The Bertz CT molecular complexity index is 1800. The molecule has 0 saturated heterocycles. The fourth-order valence-corrected chi connectivity index (χ4v) is 12.4. The van der Waals surface area contributed by atoms with Gasteiger partial charge in [0.2, 0.25) is 0 Å². The number of phosphoric ester groups is 2. The van der Waals surface area contributed by atoms with Crippen molar-refractivity contribution in [2.45, 2.75) is 375 Å². The van der Waals surface area contributed by atoms with E-state index in [9.17, 15) is 43.2 Å². The standard InChI is InChI=1S/C72H140O17P2/c1-62(2)48-40-32-24-18-15-13-11-9-10-12-14-16-20-29-38-46-54-71(76)88-67(58-82-69(74)52-44-36-28-21-17-19-25-33-41-49-63(3)4)60-86-90(78,79)84-56-66(73)57-85-91(80,81)87-61-68(89-72(77)55-47-39-31-23-27-35-43-51-65(7)8)59-83-70(75)53-45-37-30-22-26-34-42-50-64(5)6/h62-68,73H,9-61H2,1-8H3,(H,78,79)(H,80,81)/t66?,67-,68-/m1/s1. The number of carbonyl (C=O) groups excluding carboxylic acids is 4. The van der Waals surface area contributed by atoms with Gasteiger partial charge in [-0.15, -0.1) is 0 Å². The van der Waals surface area contributed by atoms with E-state index in [1.165, 1.54) is 154 Å². The molecule has 0 bridgehead atoms. The minimum Gasteiger partial charge on any atom is -0.462 e. The highest BCUT2D eigenvalue weighted by atomic mass is 31.2. The largest absolute Gasteiger partial charge is 0.472 e. The fourth-order valence-electron chi connectivity index (χ4n) is 10.8. The Morgan fingerprint density at radius 2 is 0.462 bits per heavy atom. The van der Waals surface area contributed by atoms with Gasteiger partial charge in [-0.3, -0.25) is 37.3 Å². The van der Waals surface area contributed by atoms with Crippen molar-refractivity contribution in [1.29, 1.82) is 0 Å². The summed E-state index contributed by atoms with van der Waals surface area (Å²) in [5.74, 6) is 0.824. The number of esters is 4. The molecule has 3 unspecified atom stereocenters. The molecular formula is C72H140O17P2. The summed E-state index contributed by atoms with van der Waals surface area (Å²) in [4.78, 5) is 72.6. The second-order valence-electron chi connectivity index (χ2n) is 27.9. The Morgan fingerprint density at radius 1 is 0.275 bits per heavy atom. The lowest BCUT2D eigenvalue weighted by atomic mass is 10.0. The van der Waals surface area contributed by atoms with Gasteiger partial charge in [-0.05, 0) is 49.4 Å². The van der Waals surface area contributed by atoms with E-state index in [4.69, 9.17) is 37.0 Å². The summed E-state index contributed by atoms with van der Waals surface area (Å²) in [6, 6.07) is 0. The van der Waals surface area contributed by atoms with Gasteiger partial charge < -0.3 is 33.8 Å². The van der Waals surface area contributed by atoms with Crippen molar-refractivity contribution < 1.29 is 80.2 Å². The summed E-state index contributed by atoms with van der Waals surface area (Å²) >= 11 is 0. The van der Waals surface area contributed by atoms with E-state index >= 15 is 0 Å². The predicted molar refractivity (Wildman–Crippen MR) is 367 cm³/mol. The van der Waals surface area contributed by atoms with Crippen LogP contribution < -0.4 is 0 Å². The summed E-state index contributed by atoms with van der Waals surface area (Å²) in [5.41, 5.74) is 0. The van der Waals surface area contributed by atoms with E-state index in [0.717, 1.165) is 108 Å². The minimum atomic E-state index is -4.95. The number of phosphoric acid groups is 2. The first kappa shape index (κ1) is 89.1. The molecule has 0 amide bonds. The maximum atomic E-state index is 13.0. The Hall–Kier alpha value is -1.94. The van der Waals surface area contributed by atoms with Crippen LogP contribution in [0.4, 0.5) is 0 Å². The van der Waals surface area contributed by atoms with Gasteiger partial charge in [0, 0.05) is 25.7 Å². The highest BCUT2D eigenvalue weighted by molar-refractivity contribution is 7.47. The van der Waals surface area contributed by atoms with Crippen molar-refractivity contribution in [2.24, 2.45) is 23.7 Å². The summed E-state index contributed by atoms with van der Waals surface area (Å²) < 4.78 is 68.3. The van der Waals surface area contributed by atoms with E-state index in [0.29, 0.717) is 37.5 Å². The van der Waals surface area contributed by atoms with E-state index < -0.39 is 97.5 Å². The van der Waals surface area contributed by atoms with Crippen LogP contribution in [0.3, 0.4) is 0 Å². The summed E-state index contributed by atoms with van der Waals surface area (Å²) in [5, 5.41) is 10.6. The molecule has 0 saturated carbocycles. The molecule has 0 aliphatic rings. The molecule has 5 atom stereocenters. The van der Waals surface area contributed by atoms with Crippen LogP contribution in [0.5, 0.6) is 0 Å². The maximum absolute atomic E-state index is 13.0. The molecule has 0 aromatic heterocycles. The second-order valence-corrected chi connectivity index (χ2v) is 30.8. The van der Waals surface area contributed by atoms with Gasteiger partial charge in [0.25, 0.3) is 0 Å². The Kier molecular flexibility index (Phi) is 60.3. The van der Waals surface area contributed by atoms with Crippen LogP contribution >= 0.6 is 15.6 Å². The van der Waals surface area contributed by atoms with Crippen LogP contribution in [-0.2, 0) is 65.4 Å². The molecular weight excluding hydrogens is 1200 g/mol. The molecule has 0 radical (unpaired) electrons. The average Bonchev–Trinajstić information content (AvgIpc) is 3.54. The van der Waals surface area contributed by atoms with Crippen molar-refractivity contribution in [1.82, 2.24) is 0 Å². The van der Waals surface area contributed by atoms with Crippen LogP contribution in [0.2, 0.25) is 0 Å². The maximum Gasteiger partial charge on any atom is 0.472 e. The van der Waals surface area contributed by atoms with Crippen LogP contribution in [-0.4, -0.2) is 96.7 Å². The van der Waals surface area contributed by atoms with E-state index in [2.05, 4.69) is 55.4 Å². The lowest BCUT2D eigenvalue weighted by Crippen LogP contribution is -2.30. The zero-order valence-corrected chi connectivity index (χ0v) is 61.3. The zero-order chi connectivity index (χ0) is 67.5. The molecule has 0 aromatic rings. The van der Waals surface area contributed by atoms with E-state index in [1.54, 1.807) is 0 Å². The number of ether oxygens (including phenoxy) is 4. The van der Waals surface area contributed by atoms with Gasteiger partial charge in [0.1, 0.15) is 19.3 Å². The van der Waals surface area contributed by atoms with Gasteiger partial charge in [-0.25, -0.2) is 9.13 Å². The molecule has 0 spiro atoms. The molecule has 3 N–H and O–H groups in total. The van der Waals surface area contributed by atoms with Crippen molar-refractivity contribution in [2.75, 3.05) is 39.6 Å². The number of aliphatic hydroxyl groups is 1. The number of aliphatic hydroxyl groups excluding tert-OH is 1. The molecule has 540 valence electrons. The third-order valence-corrected chi connectivity index (χ3v) is 18.5.